The van der Waals surface area contributed by atoms with Gasteiger partial charge in [0, 0.05) is 23.2 Å². The number of aromatic nitrogens is 1. The van der Waals surface area contributed by atoms with Gasteiger partial charge in [0.1, 0.15) is 0 Å². The van der Waals surface area contributed by atoms with Crippen molar-refractivity contribution < 1.29 is 9.72 Å². The Morgan fingerprint density at radius 1 is 1.11 bits per heavy atom. The van der Waals surface area contributed by atoms with Crippen molar-refractivity contribution >= 4 is 39.5 Å². The Morgan fingerprint density at radius 3 is 2.64 bits per heavy atom. The van der Waals surface area contributed by atoms with Crippen LogP contribution in [0.5, 0.6) is 0 Å². The lowest BCUT2D eigenvalue weighted by Gasteiger charge is -2.11. The van der Waals surface area contributed by atoms with Crippen molar-refractivity contribution in [3.63, 3.8) is 0 Å². The van der Waals surface area contributed by atoms with Gasteiger partial charge in [-0.2, -0.15) is 0 Å². The molecule has 2 heterocycles. The number of benzene rings is 2. The normalized spacial score (nSPS) is 10.8. The maximum absolute atomic E-state index is 13.1. The first kappa shape index (κ1) is 17.8. The van der Waals surface area contributed by atoms with Crippen LogP contribution in [-0.2, 0) is 0 Å². The van der Waals surface area contributed by atoms with Crippen LogP contribution in [0.2, 0.25) is 0 Å². The second kappa shape index (κ2) is 7.21. The third-order valence-corrected chi connectivity index (χ3v) is 5.30. The number of thiophene rings is 1. The van der Waals surface area contributed by atoms with Gasteiger partial charge in [0.05, 0.1) is 26.6 Å². The molecule has 0 bridgehead atoms. The molecule has 0 radical (unpaired) electrons. The van der Waals surface area contributed by atoms with E-state index in [1.807, 2.05) is 41.8 Å². The van der Waals surface area contributed by atoms with Crippen molar-refractivity contribution in [2.45, 2.75) is 6.92 Å². The van der Waals surface area contributed by atoms with E-state index in [0.717, 1.165) is 21.5 Å². The van der Waals surface area contributed by atoms with Gasteiger partial charge in [0.15, 0.2) is 0 Å². The number of aryl methyl sites for hydroxylation is 1. The van der Waals surface area contributed by atoms with Gasteiger partial charge in [-0.1, -0.05) is 24.3 Å². The molecule has 2 aromatic carbocycles. The molecule has 0 aliphatic heterocycles. The highest BCUT2D eigenvalue weighted by Crippen LogP contribution is 2.29. The van der Waals surface area contributed by atoms with Crippen LogP contribution in [0.25, 0.3) is 21.5 Å². The average Bonchev–Trinajstić information content (AvgIpc) is 3.23. The Labute approximate surface area is 164 Å². The molecule has 6 nitrogen and oxygen atoms in total. The van der Waals surface area contributed by atoms with E-state index in [-0.39, 0.29) is 11.6 Å². The first-order chi connectivity index (χ1) is 13.5. The molecule has 1 amide bonds. The van der Waals surface area contributed by atoms with Gasteiger partial charge in [-0.15, -0.1) is 11.3 Å². The highest BCUT2D eigenvalue weighted by molar-refractivity contribution is 7.13. The van der Waals surface area contributed by atoms with Crippen molar-refractivity contribution in [2.75, 3.05) is 5.32 Å². The molecule has 0 atom stereocenters. The van der Waals surface area contributed by atoms with Crippen LogP contribution in [0.15, 0.2) is 66.0 Å². The number of para-hydroxylation sites is 1. The molecule has 7 heteroatoms. The van der Waals surface area contributed by atoms with Crippen LogP contribution >= 0.6 is 11.3 Å². The zero-order chi connectivity index (χ0) is 19.7. The lowest BCUT2D eigenvalue weighted by atomic mass is 10.1. The second-order valence-electron chi connectivity index (χ2n) is 6.26. The molecule has 0 unspecified atom stereocenters. The zero-order valence-corrected chi connectivity index (χ0v) is 15.7. The van der Waals surface area contributed by atoms with Crippen LogP contribution in [0.4, 0.5) is 11.4 Å². The summed E-state index contributed by atoms with van der Waals surface area (Å²) >= 11 is 1.56. The number of carbonyl (C=O) groups excluding carboxylic acids is 1. The monoisotopic (exact) mass is 389 g/mol. The molecule has 2 aromatic heterocycles. The van der Waals surface area contributed by atoms with Crippen molar-refractivity contribution in [1.29, 1.82) is 0 Å². The molecule has 28 heavy (non-hydrogen) atoms. The summed E-state index contributed by atoms with van der Waals surface area (Å²) in [5, 5.41) is 16.5. The van der Waals surface area contributed by atoms with Crippen molar-refractivity contribution in [1.82, 2.24) is 4.98 Å². The number of carbonyl (C=O) groups is 1. The van der Waals surface area contributed by atoms with E-state index in [1.165, 1.54) is 12.1 Å². The molecule has 0 fully saturated rings. The number of hydrogen-bond donors (Lipinski definition) is 1. The smallest absolute Gasteiger partial charge is 0.269 e. The SMILES string of the molecule is Cc1cc([N+](=O)[O-])ccc1NC(=O)c1cc(-c2cccs2)nc2ccccc12. The summed E-state index contributed by atoms with van der Waals surface area (Å²) in [6.45, 7) is 1.73. The summed E-state index contributed by atoms with van der Waals surface area (Å²) in [7, 11) is 0. The molecular formula is C21H15N3O3S. The predicted molar refractivity (Wildman–Crippen MR) is 111 cm³/mol. The molecule has 138 valence electrons. The van der Waals surface area contributed by atoms with E-state index in [2.05, 4.69) is 10.3 Å². The minimum Gasteiger partial charge on any atom is -0.322 e. The fraction of sp³-hybridized carbons (Fsp3) is 0.0476. The minimum absolute atomic E-state index is 0.00941. The molecule has 0 saturated carbocycles. The molecule has 4 rings (SSSR count). The number of amides is 1. The second-order valence-corrected chi connectivity index (χ2v) is 7.21. The third kappa shape index (κ3) is 3.35. The number of nitrogens with one attached hydrogen (secondary N) is 1. The van der Waals surface area contributed by atoms with E-state index in [1.54, 1.807) is 30.4 Å². The van der Waals surface area contributed by atoms with E-state index in [9.17, 15) is 14.9 Å². The Bertz CT molecular complexity index is 1200. The molecule has 0 saturated heterocycles. The van der Waals surface area contributed by atoms with Gasteiger partial charge in [-0.3, -0.25) is 14.9 Å². The van der Waals surface area contributed by atoms with E-state index in [4.69, 9.17) is 0 Å². The summed E-state index contributed by atoms with van der Waals surface area (Å²) in [6, 6.07) is 17.5. The molecular weight excluding hydrogens is 374 g/mol. The fourth-order valence-electron chi connectivity index (χ4n) is 3.01. The summed E-state index contributed by atoms with van der Waals surface area (Å²) in [4.78, 5) is 29.2. The largest absolute Gasteiger partial charge is 0.322 e. The maximum Gasteiger partial charge on any atom is 0.269 e. The lowest BCUT2D eigenvalue weighted by molar-refractivity contribution is -0.384. The number of nitro benzene ring substituents is 1. The fourth-order valence-corrected chi connectivity index (χ4v) is 3.69. The van der Waals surface area contributed by atoms with Crippen molar-refractivity contribution in [3.8, 4) is 10.6 Å². The number of nitrogens with zero attached hydrogens (tertiary/aromatic N) is 2. The number of rotatable bonds is 4. The van der Waals surface area contributed by atoms with Crippen molar-refractivity contribution in [2.24, 2.45) is 0 Å². The van der Waals surface area contributed by atoms with Crippen LogP contribution in [0, 0.1) is 17.0 Å². The van der Waals surface area contributed by atoms with E-state index >= 15 is 0 Å². The Hall–Kier alpha value is -3.58. The van der Waals surface area contributed by atoms with Gasteiger partial charge in [0.2, 0.25) is 0 Å². The summed E-state index contributed by atoms with van der Waals surface area (Å²) in [5.41, 5.74) is 3.13. The van der Waals surface area contributed by atoms with Gasteiger partial charge in [-0.25, -0.2) is 4.98 Å². The topological polar surface area (TPSA) is 85.1 Å². The number of fused-ring (bicyclic) bond motifs is 1. The average molecular weight is 389 g/mol. The van der Waals surface area contributed by atoms with E-state index in [0.29, 0.717) is 16.8 Å². The first-order valence-corrected chi connectivity index (χ1v) is 9.41. The number of anilines is 1. The minimum atomic E-state index is -0.456. The molecule has 0 aliphatic carbocycles. The van der Waals surface area contributed by atoms with Gasteiger partial charge >= 0.3 is 0 Å². The van der Waals surface area contributed by atoms with Gasteiger partial charge in [-0.05, 0) is 42.1 Å². The van der Waals surface area contributed by atoms with Crippen LogP contribution < -0.4 is 5.32 Å². The first-order valence-electron chi connectivity index (χ1n) is 8.53. The summed E-state index contributed by atoms with van der Waals surface area (Å²) < 4.78 is 0. The molecule has 4 aromatic rings. The van der Waals surface area contributed by atoms with Crippen LogP contribution in [-0.4, -0.2) is 15.8 Å². The highest BCUT2D eigenvalue weighted by atomic mass is 32.1. The van der Waals surface area contributed by atoms with Gasteiger partial charge in [0.25, 0.3) is 11.6 Å². The molecule has 0 spiro atoms. The Kier molecular flexibility index (Phi) is 4.58. The third-order valence-electron chi connectivity index (χ3n) is 4.40. The number of non-ortho nitro benzene ring substituents is 1. The Morgan fingerprint density at radius 2 is 1.93 bits per heavy atom. The quantitative estimate of drug-likeness (QED) is 0.372. The highest BCUT2D eigenvalue weighted by Gasteiger charge is 2.16. The van der Waals surface area contributed by atoms with Gasteiger partial charge < -0.3 is 5.32 Å². The van der Waals surface area contributed by atoms with Crippen LogP contribution in [0.1, 0.15) is 15.9 Å². The molecule has 1 N–H and O–H groups in total. The summed E-state index contributed by atoms with van der Waals surface area (Å²) in [5.74, 6) is -0.284. The van der Waals surface area contributed by atoms with E-state index < -0.39 is 4.92 Å². The Balaban J connectivity index is 1.76. The number of hydrogen-bond acceptors (Lipinski definition) is 5. The molecule has 0 aliphatic rings. The standard InChI is InChI=1S/C21H15N3O3S/c1-13-11-14(24(26)27)8-9-17(13)23-21(25)16-12-19(20-7-4-10-28-20)22-18-6-3-2-5-15(16)18/h2-12H,1H3,(H,23,25). The van der Waals surface area contributed by atoms with Crippen LogP contribution in [0.3, 0.4) is 0 Å². The summed E-state index contributed by atoms with van der Waals surface area (Å²) in [6.07, 6.45) is 0. The zero-order valence-electron chi connectivity index (χ0n) is 14.9. The maximum atomic E-state index is 13.1. The lowest BCUT2D eigenvalue weighted by Crippen LogP contribution is -2.14. The number of nitro groups is 1. The number of pyridine rings is 1. The predicted octanol–water partition coefficient (Wildman–Crippen LogP) is 5.43. The van der Waals surface area contributed by atoms with Crippen molar-refractivity contribution in [3.05, 3.63) is 87.3 Å².